The smallest absolute Gasteiger partial charge is 0.236 e. The van der Waals surface area contributed by atoms with Gasteiger partial charge >= 0.3 is 0 Å². The van der Waals surface area contributed by atoms with E-state index in [2.05, 4.69) is 53.7 Å². The molecule has 1 amide bonds. The zero-order valence-corrected chi connectivity index (χ0v) is 16.7. The first-order chi connectivity index (χ1) is 13.6. The molecule has 28 heavy (non-hydrogen) atoms. The SMILES string of the molecule is COc1cccc(-c2ccc(C3CC3NCC(=O)N3CCN(C)CC3)cc2)c1. The first-order valence-corrected chi connectivity index (χ1v) is 10.1. The van der Waals surface area contributed by atoms with E-state index in [1.807, 2.05) is 17.0 Å². The molecule has 1 heterocycles. The number of carbonyl (C=O) groups excluding carboxylic acids is 1. The lowest BCUT2D eigenvalue weighted by Crippen LogP contribution is -2.49. The number of rotatable bonds is 6. The van der Waals surface area contributed by atoms with Gasteiger partial charge in [0.25, 0.3) is 0 Å². The van der Waals surface area contributed by atoms with Gasteiger partial charge in [-0.1, -0.05) is 36.4 Å². The number of methoxy groups -OCH3 is 1. The van der Waals surface area contributed by atoms with E-state index in [0.717, 1.165) is 43.9 Å². The summed E-state index contributed by atoms with van der Waals surface area (Å²) < 4.78 is 5.32. The molecule has 148 valence electrons. The van der Waals surface area contributed by atoms with Gasteiger partial charge in [0.05, 0.1) is 13.7 Å². The summed E-state index contributed by atoms with van der Waals surface area (Å²) in [5, 5.41) is 3.45. The van der Waals surface area contributed by atoms with Gasteiger partial charge in [0, 0.05) is 38.1 Å². The predicted molar refractivity (Wildman–Crippen MR) is 112 cm³/mol. The van der Waals surface area contributed by atoms with Crippen molar-refractivity contribution in [3.05, 3.63) is 54.1 Å². The van der Waals surface area contributed by atoms with E-state index < -0.39 is 0 Å². The second-order valence-corrected chi connectivity index (χ2v) is 7.87. The highest BCUT2D eigenvalue weighted by Gasteiger charge is 2.38. The molecule has 2 unspecified atom stereocenters. The minimum atomic E-state index is 0.229. The van der Waals surface area contributed by atoms with E-state index in [9.17, 15) is 4.79 Å². The summed E-state index contributed by atoms with van der Waals surface area (Å²) in [4.78, 5) is 16.6. The van der Waals surface area contributed by atoms with E-state index >= 15 is 0 Å². The molecule has 0 bridgehead atoms. The molecule has 4 rings (SSSR count). The Labute approximate surface area is 167 Å². The van der Waals surface area contributed by atoms with Crippen LogP contribution in [-0.4, -0.2) is 68.6 Å². The Kier molecular flexibility index (Phi) is 5.64. The molecule has 1 N–H and O–H groups in total. The third-order valence-electron chi connectivity index (χ3n) is 5.90. The van der Waals surface area contributed by atoms with Crippen molar-refractivity contribution in [1.29, 1.82) is 0 Å². The van der Waals surface area contributed by atoms with Crippen LogP contribution in [0.15, 0.2) is 48.5 Å². The summed E-state index contributed by atoms with van der Waals surface area (Å²) in [6, 6.07) is 17.3. The summed E-state index contributed by atoms with van der Waals surface area (Å²) in [5.74, 6) is 1.62. The molecule has 2 aliphatic rings. The molecular weight excluding hydrogens is 350 g/mol. The standard InChI is InChI=1S/C23H29N3O2/c1-25-10-12-26(13-11-25)23(27)16-24-22-15-21(22)18-8-6-17(7-9-18)19-4-3-5-20(14-19)28-2/h3-9,14,21-22,24H,10-13,15-16H2,1-2H3. The van der Waals surface area contributed by atoms with Crippen molar-refractivity contribution in [2.45, 2.75) is 18.4 Å². The Morgan fingerprint density at radius 2 is 1.82 bits per heavy atom. The third kappa shape index (κ3) is 4.37. The molecular formula is C23H29N3O2. The Morgan fingerprint density at radius 1 is 1.07 bits per heavy atom. The van der Waals surface area contributed by atoms with Crippen LogP contribution in [0.3, 0.4) is 0 Å². The van der Waals surface area contributed by atoms with Crippen LogP contribution in [0, 0.1) is 0 Å². The van der Waals surface area contributed by atoms with Gasteiger partial charge in [-0.2, -0.15) is 0 Å². The Balaban J connectivity index is 1.28. The number of benzene rings is 2. The van der Waals surface area contributed by atoms with Crippen molar-refractivity contribution < 1.29 is 9.53 Å². The van der Waals surface area contributed by atoms with Gasteiger partial charge in [0.15, 0.2) is 0 Å². The van der Waals surface area contributed by atoms with Gasteiger partial charge < -0.3 is 19.9 Å². The maximum Gasteiger partial charge on any atom is 0.236 e. The lowest BCUT2D eigenvalue weighted by atomic mass is 10.0. The molecule has 2 aromatic rings. The van der Waals surface area contributed by atoms with E-state index in [0.29, 0.717) is 18.5 Å². The number of nitrogens with zero attached hydrogens (tertiary/aromatic N) is 2. The topological polar surface area (TPSA) is 44.8 Å². The Morgan fingerprint density at radius 3 is 2.54 bits per heavy atom. The maximum atomic E-state index is 12.4. The summed E-state index contributed by atoms with van der Waals surface area (Å²) in [6.07, 6.45) is 1.11. The van der Waals surface area contributed by atoms with Crippen LogP contribution in [0.4, 0.5) is 0 Å². The monoisotopic (exact) mass is 379 g/mol. The van der Waals surface area contributed by atoms with Crippen LogP contribution in [-0.2, 0) is 4.79 Å². The number of likely N-dealkylation sites (N-methyl/N-ethyl adjacent to an activating group) is 1. The molecule has 1 saturated carbocycles. The second kappa shape index (κ2) is 8.33. The largest absolute Gasteiger partial charge is 0.497 e. The van der Waals surface area contributed by atoms with Crippen LogP contribution in [0.1, 0.15) is 17.9 Å². The fourth-order valence-corrected chi connectivity index (χ4v) is 3.90. The van der Waals surface area contributed by atoms with Crippen LogP contribution in [0.5, 0.6) is 5.75 Å². The number of hydrogen-bond donors (Lipinski definition) is 1. The van der Waals surface area contributed by atoms with Crippen LogP contribution in [0.25, 0.3) is 11.1 Å². The van der Waals surface area contributed by atoms with Gasteiger partial charge in [-0.25, -0.2) is 0 Å². The minimum Gasteiger partial charge on any atom is -0.497 e. The summed E-state index contributed by atoms with van der Waals surface area (Å²) >= 11 is 0. The third-order valence-corrected chi connectivity index (χ3v) is 5.90. The molecule has 5 nitrogen and oxygen atoms in total. The van der Waals surface area contributed by atoms with Gasteiger partial charge in [0.1, 0.15) is 5.75 Å². The quantitative estimate of drug-likeness (QED) is 0.838. The summed E-state index contributed by atoms with van der Waals surface area (Å²) in [7, 11) is 3.80. The Bertz CT molecular complexity index is 813. The fourth-order valence-electron chi connectivity index (χ4n) is 3.90. The number of ether oxygens (including phenoxy) is 1. The minimum absolute atomic E-state index is 0.229. The first-order valence-electron chi connectivity index (χ1n) is 10.1. The van der Waals surface area contributed by atoms with Crippen molar-refractivity contribution in [3.63, 3.8) is 0 Å². The molecule has 0 spiro atoms. The van der Waals surface area contributed by atoms with E-state index in [1.54, 1.807) is 7.11 Å². The van der Waals surface area contributed by atoms with Crippen molar-refractivity contribution in [3.8, 4) is 16.9 Å². The average molecular weight is 380 g/mol. The number of nitrogens with one attached hydrogen (secondary N) is 1. The lowest BCUT2D eigenvalue weighted by molar-refractivity contribution is -0.131. The summed E-state index contributed by atoms with van der Waals surface area (Å²) in [5.41, 5.74) is 3.70. The van der Waals surface area contributed by atoms with Gasteiger partial charge in [-0.15, -0.1) is 0 Å². The highest BCUT2D eigenvalue weighted by Crippen LogP contribution is 2.41. The van der Waals surface area contributed by atoms with Crippen LogP contribution in [0.2, 0.25) is 0 Å². The highest BCUT2D eigenvalue weighted by atomic mass is 16.5. The maximum absolute atomic E-state index is 12.4. The number of carbonyl (C=O) groups is 1. The second-order valence-electron chi connectivity index (χ2n) is 7.87. The zero-order valence-electron chi connectivity index (χ0n) is 16.7. The fraction of sp³-hybridized carbons (Fsp3) is 0.435. The number of amides is 1. The molecule has 1 saturated heterocycles. The van der Waals surface area contributed by atoms with Gasteiger partial charge in [0.2, 0.25) is 5.91 Å². The highest BCUT2D eigenvalue weighted by molar-refractivity contribution is 5.78. The average Bonchev–Trinajstić information content (AvgIpc) is 3.52. The molecule has 2 fully saturated rings. The molecule has 1 aliphatic heterocycles. The zero-order chi connectivity index (χ0) is 19.5. The van der Waals surface area contributed by atoms with E-state index in [1.165, 1.54) is 11.1 Å². The van der Waals surface area contributed by atoms with Crippen LogP contribution < -0.4 is 10.1 Å². The molecule has 0 radical (unpaired) electrons. The van der Waals surface area contributed by atoms with Gasteiger partial charge in [-0.05, 0) is 42.3 Å². The first kappa shape index (κ1) is 19.0. The van der Waals surface area contributed by atoms with Crippen molar-refractivity contribution in [2.75, 3.05) is 46.9 Å². The molecule has 1 aliphatic carbocycles. The summed E-state index contributed by atoms with van der Waals surface area (Å²) in [6.45, 7) is 4.08. The van der Waals surface area contributed by atoms with Crippen molar-refractivity contribution in [2.24, 2.45) is 0 Å². The number of piperazine rings is 1. The van der Waals surface area contributed by atoms with E-state index in [-0.39, 0.29) is 5.91 Å². The van der Waals surface area contributed by atoms with Gasteiger partial charge in [-0.3, -0.25) is 4.79 Å². The normalized spacial score (nSPS) is 22.1. The van der Waals surface area contributed by atoms with E-state index in [4.69, 9.17) is 4.74 Å². The Hall–Kier alpha value is -2.37. The molecule has 0 aromatic heterocycles. The van der Waals surface area contributed by atoms with Crippen molar-refractivity contribution >= 4 is 5.91 Å². The number of hydrogen-bond acceptors (Lipinski definition) is 4. The molecule has 5 heteroatoms. The molecule has 2 atom stereocenters. The molecule has 2 aromatic carbocycles. The van der Waals surface area contributed by atoms with Crippen molar-refractivity contribution in [1.82, 2.24) is 15.1 Å². The van der Waals surface area contributed by atoms with Crippen LogP contribution >= 0.6 is 0 Å². The lowest BCUT2D eigenvalue weighted by Gasteiger charge is -2.32. The predicted octanol–water partition coefficient (Wildman–Crippen LogP) is 2.58.